The van der Waals surface area contributed by atoms with Crippen molar-refractivity contribution < 1.29 is 19.4 Å². The molecule has 128 valence electrons. The van der Waals surface area contributed by atoms with E-state index in [2.05, 4.69) is 25.2 Å². The van der Waals surface area contributed by atoms with Crippen molar-refractivity contribution in [3.8, 4) is 5.75 Å². The van der Waals surface area contributed by atoms with E-state index in [9.17, 15) is 9.59 Å². The molecule has 0 aliphatic heterocycles. The van der Waals surface area contributed by atoms with Gasteiger partial charge in [-0.15, -0.1) is 0 Å². The summed E-state index contributed by atoms with van der Waals surface area (Å²) in [4.78, 5) is 22.7. The molecular weight excluding hydrogens is 294 g/mol. The number of carbonyl (C=O) groups excluding carboxylic acids is 1. The maximum Gasteiger partial charge on any atom is 0.303 e. The standard InChI is InChI=1S/C18H27NO4/c1-11(2)15-7-6-13(4)16(9-15)23-14(5)18(22)19-10-12(3)8-17(20)21/h6-7,9,11-12,14H,8,10H2,1-5H3,(H,19,22)(H,20,21). The summed E-state index contributed by atoms with van der Waals surface area (Å²) >= 11 is 0. The number of carbonyl (C=O) groups is 2. The first-order valence-electron chi connectivity index (χ1n) is 7.97. The van der Waals surface area contributed by atoms with Gasteiger partial charge in [0.1, 0.15) is 5.75 Å². The summed E-state index contributed by atoms with van der Waals surface area (Å²) in [6, 6.07) is 6.02. The summed E-state index contributed by atoms with van der Waals surface area (Å²) in [7, 11) is 0. The Morgan fingerprint density at radius 3 is 2.43 bits per heavy atom. The van der Waals surface area contributed by atoms with Gasteiger partial charge in [0.15, 0.2) is 6.10 Å². The zero-order chi connectivity index (χ0) is 17.6. The van der Waals surface area contributed by atoms with E-state index in [1.54, 1.807) is 13.8 Å². The van der Waals surface area contributed by atoms with Gasteiger partial charge in [0.05, 0.1) is 0 Å². The second-order valence-corrected chi connectivity index (χ2v) is 6.39. The van der Waals surface area contributed by atoms with Crippen LogP contribution in [0.3, 0.4) is 0 Å². The molecule has 23 heavy (non-hydrogen) atoms. The van der Waals surface area contributed by atoms with Crippen LogP contribution < -0.4 is 10.1 Å². The van der Waals surface area contributed by atoms with Crippen molar-refractivity contribution in [1.29, 1.82) is 0 Å². The highest BCUT2D eigenvalue weighted by Crippen LogP contribution is 2.25. The number of ether oxygens (including phenoxy) is 1. The van der Waals surface area contributed by atoms with Crippen molar-refractivity contribution in [3.63, 3.8) is 0 Å². The highest BCUT2D eigenvalue weighted by molar-refractivity contribution is 5.80. The Kier molecular flexibility index (Phi) is 7.07. The summed E-state index contributed by atoms with van der Waals surface area (Å²) in [6.45, 7) is 9.96. The summed E-state index contributed by atoms with van der Waals surface area (Å²) in [5.74, 6) is -0.125. The van der Waals surface area contributed by atoms with Gasteiger partial charge in [0.2, 0.25) is 0 Å². The van der Waals surface area contributed by atoms with Crippen LogP contribution in [0.2, 0.25) is 0 Å². The van der Waals surface area contributed by atoms with E-state index < -0.39 is 12.1 Å². The van der Waals surface area contributed by atoms with E-state index in [4.69, 9.17) is 9.84 Å². The van der Waals surface area contributed by atoms with Gasteiger partial charge < -0.3 is 15.2 Å². The summed E-state index contributed by atoms with van der Waals surface area (Å²) in [5.41, 5.74) is 2.14. The average Bonchev–Trinajstić information content (AvgIpc) is 2.45. The largest absolute Gasteiger partial charge is 0.481 e. The number of amides is 1. The average molecular weight is 321 g/mol. The van der Waals surface area contributed by atoms with E-state index in [-0.39, 0.29) is 18.2 Å². The molecule has 1 amide bonds. The third-order valence-electron chi connectivity index (χ3n) is 3.70. The van der Waals surface area contributed by atoms with Crippen molar-refractivity contribution in [3.05, 3.63) is 29.3 Å². The van der Waals surface area contributed by atoms with Gasteiger partial charge in [-0.25, -0.2) is 0 Å². The minimum absolute atomic E-state index is 0.0328. The molecule has 0 heterocycles. The summed E-state index contributed by atoms with van der Waals surface area (Å²) < 4.78 is 5.78. The van der Waals surface area contributed by atoms with Gasteiger partial charge >= 0.3 is 5.97 Å². The number of carboxylic acids is 1. The van der Waals surface area contributed by atoms with Crippen LogP contribution in [0.5, 0.6) is 5.75 Å². The molecule has 2 N–H and O–H groups in total. The van der Waals surface area contributed by atoms with E-state index in [0.29, 0.717) is 18.2 Å². The molecule has 1 rings (SSSR count). The molecule has 1 aromatic rings. The Morgan fingerprint density at radius 1 is 1.22 bits per heavy atom. The van der Waals surface area contributed by atoms with Gasteiger partial charge in [-0.1, -0.05) is 32.9 Å². The van der Waals surface area contributed by atoms with Crippen LogP contribution in [0, 0.1) is 12.8 Å². The van der Waals surface area contributed by atoms with E-state index in [0.717, 1.165) is 11.1 Å². The maximum atomic E-state index is 12.1. The minimum atomic E-state index is -0.864. The van der Waals surface area contributed by atoms with E-state index in [1.807, 2.05) is 19.1 Å². The zero-order valence-corrected chi connectivity index (χ0v) is 14.6. The molecule has 0 saturated heterocycles. The molecule has 0 aliphatic carbocycles. The Bertz CT molecular complexity index is 554. The monoisotopic (exact) mass is 321 g/mol. The number of carboxylic acid groups (broad SMARTS) is 1. The van der Waals surface area contributed by atoms with Gasteiger partial charge in [-0.2, -0.15) is 0 Å². The highest BCUT2D eigenvalue weighted by atomic mass is 16.5. The molecule has 1 aromatic carbocycles. The van der Waals surface area contributed by atoms with Crippen molar-refractivity contribution in [2.75, 3.05) is 6.54 Å². The van der Waals surface area contributed by atoms with Crippen molar-refractivity contribution >= 4 is 11.9 Å². The van der Waals surface area contributed by atoms with Crippen LogP contribution in [0.15, 0.2) is 18.2 Å². The Hall–Kier alpha value is -2.04. The minimum Gasteiger partial charge on any atom is -0.481 e. The van der Waals surface area contributed by atoms with Crippen LogP contribution >= 0.6 is 0 Å². The molecule has 0 aliphatic rings. The number of nitrogens with one attached hydrogen (secondary N) is 1. The third-order valence-corrected chi connectivity index (χ3v) is 3.70. The predicted molar refractivity (Wildman–Crippen MR) is 89.8 cm³/mol. The zero-order valence-electron chi connectivity index (χ0n) is 14.6. The Morgan fingerprint density at radius 2 is 1.87 bits per heavy atom. The smallest absolute Gasteiger partial charge is 0.303 e. The first-order chi connectivity index (χ1) is 10.7. The van der Waals surface area contributed by atoms with Crippen molar-refractivity contribution in [2.45, 2.75) is 53.1 Å². The fourth-order valence-electron chi connectivity index (χ4n) is 2.14. The van der Waals surface area contributed by atoms with Crippen LogP contribution in [0.1, 0.15) is 51.2 Å². The molecular formula is C18H27NO4. The quantitative estimate of drug-likeness (QED) is 0.771. The molecule has 5 nitrogen and oxygen atoms in total. The lowest BCUT2D eigenvalue weighted by Crippen LogP contribution is -2.38. The number of hydrogen-bond donors (Lipinski definition) is 2. The molecule has 0 aromatic heterocycles. The predicted octanol–water partition coefficient (Wildman–Crippen LogP) is 3.11. The molecule has 0 spiro atoms. The number of rotatable bonds is 8. The fourth-order valence-corrected chi connectivity index (χ4v) is 2.14. The second-order valence-electron chi connectivity index (χ2n) is 6.39. The number of aliphatic carboxylic acids is 1. The van der Waals surface area contributed by atoms with Crippen molar-refractivity contribution in [1.82, 2.24) is 5.32 Å². The SMILES string of the molecule is Cc1ccc(C(C)C)cc1OC(C)C(=O)NCC(C)CC(=O)O. The molecule has 5 heteroatoms. The van der Waals surface area contributed by atoms with Crippen LogP contribution in [0.4, 0.5) is 0 Å². The lowest BCUT2D eigenvalue weighted by molar-refractivity contribution is -0.138. The lowest BCUT2D eigenvalue weighted by Gasteiger charge is -2.19. The van der Waals surface area contributed by atoms with Crippen molar-refractivity contribution in [2.24, 2.45) is 5.92 Å². The Balaban J connectivity index is 2.61. The van der Waals surface area contributed by atoms with Crippen LogP contribution in [-0.2, 0) is 9.59 Å². The van der Waals surface area contributed by atoms with Gasteiger partial charge in [0, 0.05) is 13.0 Å². The van der Waals surface area contributed by atoms with E-state index in [1.165, 1.54) is 0 Å². The van der Waals surface area contributed by atoms with Gasteiger partial charge in [-0.05, 0) is 42.9 Å². The fraction of sp³-hybridized carbons (Fsp3) is 0.556. The molecule has 0 bridgehead atoms. The molecule has 2 atom stereocenters. The number of aryl methyl sites for hydroxylation is 1. The van der Waals surface area contributed by atoms with Gasteiger partial charge in [0.25, 0.3) is 5.91 Å². The maximum absolute atomic E-state index is 12.1. The topological polar surface area (TPSA) is 75.6 Å². The third kappa shape index (κ3) is 6.30. The summed E-state index contributed by atoms with van der Waals surface area (Å²) in [5, 5.41) is 11.5. The van der Waals surface area contributed by atoms with Crippen LogP contribution in [0.25, 0.3) is 0 Å². The first-order valence-corrected chi connectivity index (χ1v) is 7.97. The molecule has 0 radical (unpaired) electrons. The second kappa shape index (κ2) is 8.56. The first kappa shape index (κ1) is 19.0. The van der Waals surface area contributed by atoms with Crippen LogP contribution in [-0.4, -0.2) is 29.6 Å². The summed E-state index contributed by atoms with van der Waals surface area (Å²) in [6.07, 6.45) is -0.599. The molecule has 0 saturated carbocycles. The highest BCUT2D eigenvalue weighted by Gasteiger charge is 2.17. The number of benzene rings is 1. The lowest BCUT2D eigenvalue weighted by atomic mass is 10.0. The molecule has 0 fully saturated rings. The van der Waals surface area contributed by atoms with Gasteiger partial charge in [-0.3, -0.25) is 9.59 Å². The molecule has 2 unspecified atom stereocenters. The Labute approximate surface area is 138 Å². The van der Waals surface area contributed by atoms with E-state index >= 15 is 0 Å². The number of hydrogen-bond acceptors (Lipinski definition) is 3. The normalized spacial score (nSPS) is 13.5.